The first-order valence-electron chi connectivity index (χ1n) is 8.56. The van der Waals surface area contributed by atoms with Gasteiger partial charge in [-0.2, -0.15) is 9.78 Å². The predicted octanol–water partition coefficient (Wildman–Crippen LogP) is 2.99. The van der Waals surface area contributed by atoms with Gasteiger partial charge in [0.25, 0.3) is 5.56 Å². The van der Waals surface area contributed by atoms with Gasteiger partial charge < -0.3 is 15.2 Å². The molecule has 0 aliphatic rings. The second-order valence-corrected chi connectivity index (χ2v) is 6.16. The summed E-state index contributed by atoms with van der Waals surface area (Å²) in [5.74, 6) is -0.414. The third kappa shape index (κ3) is 4.67. The Bertz CT molecular complexity index is 1140. The Morgan fingerprint density at radius 2 is 1.83 bits per heavy atom. The van der Waals surface area contributed by atoms with Gasteiger partial charge >= 0.3 is 5.97 Å². The molecule has 29 heavy (non-hydrogen) atoms. The molecular weight excluding hydrogens is 377 g/mol. The van der Waals surface area contributed by atoms with Crippen LogP contribution in [-0.4, -0.2) is 24.0 Å². The number of halogens is 1. The summed E-state index contributed by atoms with van der Waals surface area (Å²) in [5, 5.41) is 4.09. The van der Waals surface area contributed by atoms with Gasteiger partial charge in [0.05, 0.1) is 18.9 Å². The Labute approximate surface area is 165 Å². The summed E-state index contributed by atoms with van der Waals surface area (Å²) in [4.78, 5) is 24.2. The molecule has 0 bridgehead atoms. The highest BCUT2D eigenvalue weighted by molar-refractivity contribution is 5.91. The van der Waals surface area contributed by atoms with E-state index < -0.39 is 11.8 Å². The Morgan fingerprint density at radius 3 is 2.48 bits per heavy atom. The van der Waals surface area contributed by atoms with Crippen LogP contribution >= 0.6 is 0 Å². The quantitative estimate of drug-likeness (QED) is 0.407. The SMILES string of the molecule is COc1cc(C=Nn2c(N)cc(C)cc2=O)ccc1OC(=O)c1ccc(F)cc1. The van der Waals surface area contributed by atoms with Crippen LogP contribution in [0, 0.1) is 12.7 Å². The number of esters is 1. The Kier molecular flexibility index (Phi) is 5.73. The number of hydrogen-bond donors (Lipinski definition) is 1. The lowest BCUT2D eigenvalue weighted by atomic mass is 10.2. The van der Waals surface area contributed by atoms with Gasteiger partial charge in [-0.15, -0.1) is 0 Å². The van der Waals surface area contributed by atoms with E-state index in [9.17, 15) is 14.0 Å². The maximum Gasteiger partial charge on any atom is 0.343 e. The van der Waals surface area contributed by atoms with Gasteiger partial charge in [-0.3, -0.25) is 4.79 Å². The number of pyridine rings is 1. The van der Waals surface area contributed by atoms with E-state index in [0.29, 0.717) is 5.56 Å². The Balaban J connectivity index is 1.83. The minimum Gasteiger partial charge on any atom is -0.493 e. The van der Waals surface area contributed by atoms with Crippen molar-refractivity contribution in [3.8, 4) is 11.5 Å². The fraction of sp³-hybridized carbons (Fsp3) is 0.0952. The Hall–Kier alpha value is -3.94. The standard InChI is InChI=1S/C21H18FN3O4/c1-13-9-19(23)25(20(26)10-13)24-12-14-3-8-17(18(11-14)28-2)29-21(27)15-4-6-16(22)7-5-15/h3-12H,23H2,1-2H3. The maximum atomic E-state index is 13.0. The van der Waals surface area contributed by atoms with Crippen molar-refractivity contribution in [1.82, 2.24) is 4.68 Å². The van der Waals surface area contributed by atoms with Crippen LogP contribution in [0.4, 0.5) is 10.2 Å². The summed E-state index contributed by atoms with van der Waals surface area (Å²) in [7, 11) is 1.42. The zero-order valence-corrected chi connectivity index (χ0v) is 15.8. The maximum absolute atomic E-state index is 13.0. The number of nitrogens with two attached hydrogens (primary N) is 1. The molecule has 2 N–H and O–H groups in total. The molecule has 0 saturated heterocycles. The van der Waals surface area contributed by atoms with Gasteiger partial charge in [0, 0.05) is 6.07 Å². The fourth-order valence-electron chi connectivity index (χ4n) is 2.56. The molecule has 0 spiro atoms. The molecule has 0 fully saturated rings. The van der Waals surface area contributed by atoms with Gasteiger partial charge in [0.2, 0.25) is 0 Å². The average molecular weight is 395 g/mol. The molecule has 0 aliphatic heterocycles. The van der Waals surface area contributed by atoms with Crippen molar-refractivity contribution >= 4 is 18.0 Å². The van der Waals surface area contributed by atoms with Crippen molar-refractivity contribution in [2.24, 2.45) is 5.10 Å². The summed E-state index contributed by atoms with van der Waals surface area (Å²) in [6, 6.07) is 12.8. The number of nitrogen functional groups attached to an aromatic ring is 1. The molecule has 3 aromatic rings. The molecule has 2 aromatic carbocycles. The second-order valence-electron chi connectivity index (χ2n) is 6.16. The largest absolute Gasteiger partial charge is 0.493 e. The number of methoxy groups -OCH3 is 1. The zero-order chi connectivity index (χ0) is 21.0. The third-order valence-corrected chi connectivity index (χ3v) is 3.97. The van der Waals surface area contributed by atoms with Crippen LogP contribution in [0.15, 0.2) is 64.5 Å². The minimum absolute atomic E-state index is 0.186. The highest BCUT2D eigenvalue weighted by Gasteiger charge is 2.13. The molecule has 0 radical (unpaired) electrons. The van der Waals surface area contributed by atoms with Crippen LogP contribution in [0.1, 0.15) is 21.5 Å². The lowest BCUT2D eigenvalue weighted by Crippen LogP contribution is -2.19. The van der Waals surface area contributed by atoms with E-state index in [-0.39, 0.29) is 28.4 Å². The molecule has 0 aliphatic carbocycles. The molecule has 0 saturated carbocycles. The van der Waals surface area contributed by atoms with Crippen molar-refractivity contribution in [1.29, 1.82) is 0 Å². The first kappa shape index (κ1) is 19.8. The van der Waals surface area contributed by atoms with Crippen LogP contribution < -0.4 is 20.8 Å². The predicted molar refractivity (Wildman–Crippen MR) is 107 cm³/mol. The second kappa shape index (κ2) is 8.39. The summed E-state index contributed by atoms with van der Waals surface area (Å²) >= 11 is 0. The van der Waals surface area contributed by atoms with Gasteiger partial charge in [-0.25, -0.2) is 9.18 Å². The van der Waals surface area contributed by atoms with Gasteiger partial charge in [-0.05, 0) is 66.6 Å². The number of carbonyl (C=O) groups excluding carboxylic acids is 1. The fourth-order valence-corrected chi connectivity index (χ4v) is 2.56. The van der Waals surface area contributed by atoms with E-state index in [1.807, 2.05) is 0 Å². The smallest absolute Gasteiger partial charge is 0.343 e. The van der Waals surface area contributed by atoms with Gasteiger partial charge in [0.1, 0.15) is 11.6 Å². The summed E-state index contributed by atoms with van der Waals surface area (Å²) < 4.78 is 24.7. The topological polar surface area (TPSA) is 95.9 Å². The molecule has 1 heterocycles. The third-order valence-electron chi connectivity index (χ3n) is 3.97. The number of aromatic nitrogens is 1. The van der Waals surface area contributed by atoms with E-state index >= 15 is 0 Å². The minimum atomic E-state index is -0.649. The first-order valence-corrected chi connectivity index (χ1v) is 8.56. The zero-order valence-electron chi connectivity index (χ0n) is 15.8. The molecule has 0 atom stereocenters. The summed E-state index contributed by atoms with van der Waals surface area (Å²) in [5.41, 5.74) is 7.02. The average Bonchev–Trinajstić information content (AvgIpc) is 2.68. The van der Waals surface area contributed by atoms with Crippen molar-refractivity contribution in [3.63, 3.8) is 0 Å². The highest BCUT2D eigenvalue weighted by atomic mass is 19.1. The van der Waals surface area contributed by atoms with Crippen molar-refractivity contribution in [3.05, 3.63) is 87.5 Å². The summed E-state index contributed by atoms with van der Waals surface area (Å²) in [6.45, 7) is 1.77. The molecule has 0 amide bonds. The van der Waals surface area contributed by atoms with Crippen LogP contribution in [0.5, 0.6) is 11.5 Å². The normalized spacial score (nSPS) is 10.9. The molecule has 3 rings (SSSR count). The van der Waals surface area contributed by atoms with Crippen molar-refractivity contribution in [2.45, 2.75) is 6.92 Å². The van der Waals surface area contributed by atoms with E-state index in [4.69, 9.17) is 15.2 Å². The van der Waals surface area contributed by atoms with Crippen LogP contribution in [0.2, 0.25) is 0 Å². The van der Waals surface area contributed by atoms with Crippen LogP contribution in [-0.2, 0) is 0 Å². The van der Waals surface area contributed by atoms with Crippen LogP contribution in [0.3, 0.4) is 0 Å². The van der Waals surface area contributed by atoms with Gasteiger partial charge in [0.15, 0.2) is 11.5 Å². The van der Waals surface area contributed by atoms with Crippen LogP contribution in [0.25, 0.3) is 0 Å². The number of benzene rings is 2. The number of rotatable bonds is 5. The number of hydrogen-bond acceptors (Lipinski definition) is 6. The lowest BCUT2D eigenvalue weighted by Gasteiger charge is -2.10. The lowest BCUT2D eigenvalue weighted by molar-refractivity contribution is 0.0729. The van der Waals surface area contributed by atoms with Crippen molar-refractivity contribution < 1.29 is 18.7 Å². The van der Waals surface area contributed by atoms with E-state index in [1.165, 1.54) is 49.7 Å². The molecule has 1 aromatic heterocycles. The first-order chi connectivity index (χ1) is 13.9. The Morgan fingerprint density at radius 1 is 1.10 bits per heavy atom. The number of aryl methyl sites for hydroxylation is 1. The van der Waals surface area contributed by atoms with E-state index in [1.54, 1.807) is 25.1 Å². The van der Waals surface area contributed by atoms with Gasteiger partial charge in [-0.1, -0.05) is 0 Å². The van der Waals surface area contributed by atoms with E-state index in [2.05, 4.69) is 5.10 Å². The number of carbonyl (C=O) groups is 1. The van der Waals surface area contributed by atoms with E-state index in [0.717, 1.165) is 10.2 Å². The number of ether oxygens (including phenoxy) is 2. The molecule has 148 valence electrons. The molecular formula is C21H18FN3O4. The monoisotopic (exact) mass is 395 g/mol. The number of nitrogens with zero attached hydrogens (tertiary/aromatic N) is 2. The van der Waals surface area contributed by atoms with Crippen molar-refractivity contribution in [2.75, 3.05) is 12.8 Å². The summed E-state index contributed by atoms with van der Waals surface area (Å²) in [6.07, 6.45) is 1.43. The molecule has 7 nitrogen and oxygen atoms in total. The molecule has 8 heteroatoms. The molecule has 0 unspecified atom stereocenters. The highest BCUT2D eigenvalue weighted by Crippen LogP contribution is 2.28. The number of anilines is 1.